The van der Waals surface area contributed by atoms with E-state index >= 15 is 0 Å². The maximum absolute atomic E-state index is 12.4. The second-order valence-corrected chi connectivity index (χ2v) is 6.59. The molecule has 0 heterocycles. The number of sulfonamides is 1. The molecule has 0 fully saturated rings. The number of hydrogen-bond donors (Lipinski definition) is 1. The topological polar surface area (TPSA) is 57.6 Å². The van der Waals surface area contributed by atoms with E-state index in [1.165, 1.54) is 10.4 Å². The van der Waals surface area contributed by atoms with Crippen molar-refractivity contribution in [2.45, 2.75) is 32.3 Å². The molecule has 0 aliphatic carbocycles. The van der Waals surface area contributed by atoms with Crippen molar-refractivity contribution in [3.8, 4) is 0 Å². The van der Waals surface area contributed by atoms with E-state index in [9.17, 15) is 8.42 Å². The molecule has 18 heavy (non-hydrogen) atoms. The van der Waals surface area contributed by atoms with Crippen LogP contribution in [0.15, 0.2) is 29.2 Å². The molecule has 1 N–H and O–H groups in total. The second kappa shape index (κ2) is 6.31. The predicted octanol–water partition coefficient (Wildman–Crippen LogP) is 1.85. The van der Waals surface area contributed by atoms with Crippen LogP contribution in [-0.2, 0) is 16.6 Å². The molecule has 4 nitrogen and oxygen atoms in total. The SMILES string of the molecule is CCN(CC(C)C)S(=O)(=O)c1cccc(CO)c1. The van der Waals surface area contributed by atoms with Gasteiger partial charge in [0, 0.05) is 13.1 Å². The van der Waals surface area contributed by atoms with Gasteiger partial charge in [-0.2, -0.15) is 4.31 Å². The minimum Gasteiger partial charge on any atom is -0.392 e. The lowest BCUT2D eigenvalue weighted by Gasteiger charge is -2.22. The van der Waals surface area contributed by atoms with Gasteiger partial charge in [0.1, 0.15) is 0 Å². The largest absolute Gasteiger partial charge is 0.392 e. The highest BCUT2D eigenvalue weighted by Crippen LogP contribution is 2.18. The summed E-state index contributed by atoms with van der Waals surface area (Å²) >= 11 is 0. The van der Waals surface area contributed by atoms with Crippen molar-refractivity contribution in [2.75, 3.05) is 13.1 Å². The standard InChI is InChI=1S/C13H21NO3S/c1-4-14(9-11(2)3)18(16,17)13-7-5-6-12(8-13)10-15/h5-8,11,15H,4,9-10H2,1-3H3. The number of aliphatic hydroxyl groups excluding tert-OH is 1. The van der Waals surface area contributed by atoms with Gasteiger partial charge in [-0.15, -0.1) is 0 Å². The molecule has 0 saturated carbocycles. The van der Waals surface area contributed by atoms with Gasteiger partial charge in [0.2, 0.25) is 10.0 Å². The van der Waals surface area contributed by atoms with Gasteiger partial charge >= 0.3 is 0 Å². The van der Waals surface area contributed by atoms with Gasteiger partial charge in [0.25, 0.3) is 0 Å². The minimum absolute atomic E-state index is 0.153. The second-order valence-electron chi connectivity index (χ2n) is 4.66. The van der Waals surface area contributed by atoms with Gasteiger partial charge in [-0.1, -0.05) is 32.9 Å². The molecule has 0 unspecified atom stereocenters. The van der Waals surface area contributed by atoms with Crippen LogP contribution >= 0.6 is 0 Å². The minimum atomic E-state index is -3.46. The number of hydrogen-bond acceptors (Lipinski definition) is 3. The third-order valence-corrected chi connectivity index (χ3v) is 4.58. The Bertz CT molecular complexity index is 483. The molecule has 102 valence electrons. The Morgan fingerprint density at radius 1 is 1.33 bits per heavy atom. The molecule has 0 aromatic heterocycles. The fraction of sp³-hybridized carbons (Fsp3) is 0.538. The number of aliphatic hydroxyl groups is 1. The Kier molecular flexibility index (Phi) is 5.31. The molecule has 0 aliphatic heterocycles. The summed E-state index contributed by atoms with van der Waals surface area (Å²) in [5, 5.41) is 9.06. The smallest absolute Gasteiger partial charge is 0.243 e. The van der Waals surface area contributed by atoms with Crippen LogP contribution in [-0.4, -0.2) is 30.9 Å². The highest BCUT2D eigenvalue weighted by atomic mass is 32.2. The van der Waals surface area contributed by atoms with E-state index in [1.54, 1.807) is 18.2 Å². The van der Waals surface area contributed by atoms with Crippen molar-refractivity contribution < 1.29 is 13.5 Å². The average Bonchev–Trinajstić information content (AvgIpc) is 2.35. The van der Waals surface area contributed by atoms with E-state index < -0.39 is 10.0 Å². The summed E-state index contributed by atoms with van der Waals surface area (Å²) in [6.45, 7) is 6.60. The molecule has 0 saturated heterocycles. The number of benzene rings is 1. The zero-order chi connectivity index (χ0) is 13.8. The molecule has 0 amide bonds. The van der Waals surface area contributed by atoms with Crippen molar-refractivity contribution in [2.24, 2.45) is 5.92 Å². The Morgan fingerprint density at radius 3 is 2.50 bits per heavy atom. The van der Waals surface area contributed by atoms with Crippen LogP contribution in [0.5, 0.6) is 0 Å². The first-order valence-corrected chi connectivity index (χ1v) is 7.55. The van der Waals surface area contributed by atoms with Crippen molar-refractivity contribution in [3.05, 3.63) is 29.8 Å². The quantitative estimate of drug-likeness (QED) is 0.859. The van der Waals surface area contributed by atoms with Crippen LogP contribution in [0.2, 0.25) is 0 Å². The predicted molar refractivity (Wildman–Crippen MR) is 71.6 cm³/mol. The molecule has 1 aromatic carbocycles. The molecule has 0 aliphatic rings. The molecule has 1 rings (SSSR count). The van der Waals surface area contributed by atoms with E-state index in [0.717, 1.165) is 0 Å². The van der Waals surface area contributed by atoms with E-state index in [1.807, 2.05) is 20.8 Å². The number of nitrogens with zero attached hydrogens (tertiary/aromatic N) is 1. The van der Waals surface area contributed by atoms with Crippen LogP contribution in [0.3, 0.4) is 0 Å². The van der Waals surface area contributed by atoms with Gasteiger partial charge < -0.3 is 5.11 Å². The Balaban J connectivity index is 3.10. The summed E-state index contributed by atoms with van der Waals surface area (Å²) in [6, 6.07) is 6.45. The van der Waals surface area contributed by atoms with Crippen LogP contribution < -0.4 is 0 Å². The Labute approximate surface area is 109 Å². The summed E-state index contributed by atoms with van der Waals surface area (Å²) < 4.78 is 26.3. The third-order valence-electron chi connectivity index (χ3n) is 2.64. The molecule has 0 atom stereocenters. The first kappa shape index (κ1) is 15.1. The molecule has 1 aromatic rings. The average molecular weight is 271 g/mol. The maximum atomic E-state index is 12.4. The molecule has 0 radical (unpaired) electrons. The van der Waals surface area contributed by atoms with Gasteiger partial charge in [0.15, 0.2) is 0 Å². The van der Waals surface area contributed by atoms with E-state index in [0.29, 0.717) is 18.7 Å². The summed E-state index contributed by atoms with van der Waals surface area (Å²) in [5.41, 5.74) is 0.608. The maximum Gasteiger partial charge on any atom is 0.243 e. The van der Waals surface area contributed by atoms with Gasteiger partial charge in [-0.05, 0) is 23.6 Å². The first-order valence-electron chi connectivity index (χ1n) is 6.11. The monoisotopic (exact) mass is 271 g/mol. The molecular weight excluding hydrogens is 250 g/mol. The molecule has 5 heteroatoms. The Hall–Kier alpha value is -0.910. The van der Waals surface area contributed by atoms with Crippen LogP contribution in [0.4, 0.5) is 0 Å². The lowest BCUT2D eigenvalue weighted by atomic mass is 10.2. The van der Waals surface area contributed by atoms with Crippen LogP contribution in [0, 0.1) is 5.92 Å². The fourth-order valence-electron chi connectivity index (χ4n) is 1.76. The molecular formula is C13H21NO3S. The van der Waals surface area contributed by atoms with Gasteiger partial charge in [-0.3, -0.25) is 0 Å². The highest BCUT2D eigenvalue weighted by molar-refractivity contribution is 7.89. The highest BCUT2D eigenvalue weighted by Gasteiger charge is 2.23. The lowest BCUT2D eigenvalue weighted by Crippen LogP contribution is -2.34. The van der Waals surface area contributed by atoms with E-state index in [2.05, 4.69) is 0 Å². The van der Waals surface area contributed by atoms with Crippen molar-refractivity contribution in [3.63, 3.8) is 0 Å². The summed E-state index contributed by atoms with van der Waals surface area (Å²) in [5.74, 6) is 0.278. The summed E-state index contributed by atoms with van der Waals surface area (Å²) in [6.07, 6.45) is 0. The van der Waals surface area contributed by atoms with E-state index in [4.69, 9.17) is 5.11 Å². The molecule has 0 bridgehead atoms. The van der Waals surface area contributed by atoms with Crippen molar-refractivity contribution in [1.29, 1.82) is 0 Å². The normalized spacial score (nSPS) is 12.3. The summed E-state index contributed by atoms with van der Waals surface area (Å²) in [7, 11) is -3.46. The third kappa shape index (κ3) is 3.54. The van der Waals surface area contributed by atoms with Crippen molar-refractivity contribution >= 4 is 10.0 Å². The van der Waals surface area contributed by atoms with Crippen molar-refractivity contribution in [1.82, 2.24) is 4.31 Å². The van der Waals surface area contributed by atoms with Crippen LogP contribution in [0.1, 0.15) is 26.3 Å². The van der Waals surface area contributed by atoms with Gasteiger partial charge in [-0.25, -0.2) is 8.42 Å². The fourth-order valence-corrected chi connectivity index (χ4v) is 3.44. The Morgan fingerprint density at radius 2 is 2.00 bits per heavy atom. The zero-order valence-electron chi connectivity index (χ0n) is 11.1. The first-order chi connectivity index (χ1) is 8.41. The molecule has 0 spiro atoms. The lowest BCUT2D eigenvalue weighted by molar-refractivity contribution is 0.281. The summed E-state index contributed by atoms with van der Waals surface area (Å²) in [4.78, 5) is 0.247. The van der Waals surface area contributed by atoms with Crippen LogP contribution in [0.25, 0.3) is 0 Å². The van der Waals surface area contributed by atoms with Gasteiger partial charge in [0.05, 0.1) is 11.5 Å². The van der Waals surface area contributed by atoms with E-state index in [-0.39, 0.29) is 17.4 Å². The number of rotatable bonds is 6. The zero-order valence-corrected chi connectivity index (χ0v) is 11.9.